The van der Waals surface area contributed by atoms with Crippen LogP contribution in [0.25, 0.3) is 0 Å². The molecule has 1 fully saturated rings. The second-order valence-electron chi connectivity index (χ2n) is 5.26. The zero-order chi connectivity index (χ0) is 14.4. The van der Waals surface area contributed by atoms with Crippen LogP contribution in [0.4, 0.5) is 5.69 Å². The van der Waals surface area contributed by atoms with Crippen LogP contribution in [-0.4, -0.2) is 31.7 Å². The Morgan fingerprint density at radius 2 is 2.15 bits per heavy atom. The maximum atomic E-state index is 12.4. The van der Waals surface area contributed by atoms with Crippen LogP contribution in [0.1, 0.15) is 43.0 Å². The fourth-order valence-electron chi connectivity index (χ4n) is 2.71. The molecule has 0 heterocycles. The van der Waals surface area contributed by atoms with Gasteiger partial charge in [-0.05, 0) is 37.8 Å². The Hall–Kier alpha value is -1.55. The van der Waals surface area contributed by atoms with Gasteiger partial charge in [-0.2, -0.15) is 0 Å². The number of rotatable bonds is 6. The highest BCUT2D eigenvalue weighted by Crippen LogP contribution is 2.23. The van der Waals surface area contributed by atoms with Gasteiger partial charge in [0.25, 0.3) is 5.91 Å². The summed E-state index contributed by atoms with van der Waals surface area (Å²) in [5.41, 5.74) is 1.61. The van der Waals surface area contributed by atoms with E-state index in [0.717, 1.165) is 37.9 Å². The number of nitrogens with one attached hydrogen (secondary N) is 2. The quantitative estimate of drug-likeness (QED) is 0.840. The summed E-state index contributed by atoms with van der Waals surface area (Å²) in [6, 6.07) is 7.79. The molecular formula is C16H24N2O2. The number of hydrogen-bond donors (Lipinski definition) is 2. The number of amides is 1. The summed E-state index contributed by atoms with van der Waals surface area (Å²) in [5.74, 6) is -0.0156. The minimum atomic E-state index is -0.0156. The van der Waals surface area contributed by atoms with Gasteiger partial charge >= 0.3 is 0 Å². The molecule has 1 aromatic rings. The lowest BCUT2D eigenvalue weighted by atomic mass is 10.1. The average Bonchev–Trinajstić information content (AvgIpc) is 2.92. The van der Waals surface area contributed by atoms with Crippen LogP contribution in [0.3, 0.4) is 0 Å². The Kier molecular flexibility index (Phi) is 5.41. The lowest BCUT2D eigenvalue weighted by Gasteiger charge is -2.20. The molecule has 0 spiro atoms. The molecule has 4 heteroatoms. The molecule has 2 rings (SSSR count). The highest BCUT2D eigenvalue weighted by Gasteiger charge is 2.29. The standard InChI is InChI=1S/C16H24N2O2/c1-3-11-17-13-8-5-4-7-12(13)16(19)18-14-9-6-10-15(14)20-2/h4-5,7-8,14-15,17H,3,6,9-11H2,1-2H3,(H,18,19). The van der Waals surface area contributed by atoms with E-state index in [9.17, 15) is 4.79 Å². The molecule has 0 aliphatic heterocycles. The van der Waals surface area contributed by atoms with Gasteiger partial charge in [-0.25, -0.2) is 0 Å². The summed E-state index contributed by atoms with van der Waals surface area (Å²) in [5, 5.41) is 6.41. The zero-order valence-electron chi connectivity index (χ0n) is 12.3. The van der Waals surface area contributed by atoms with Crippen LogP contribution < -0.4 is 10.6 Å². The molecule has 1 amide bonds. The molecule has 1 aromatic carbocycles. The summed E-state index contributed by atoms with van der Waals surface area (Å²) >= 11 is 0. The number of hydrogen-bond acceptors (Lipinski definition) is 3. The van der Waals surface area contributed by atoms with E-state index in [1.807, 2.05) is 24.3 Å². The second-order valence-corrected chi connectivity index (χ2v) is 5.26. The first kappa shape index (κ1) is 14.9. The Morgan fingerprint density at radius 1 is 1.35 bits per heavy atom. The van der Waals surface area contributed by atoms with Gasteiger partial charge in [0.05, 0.1) is 17.7 Å². The normalized spacial score (nSPS) is 21.7. The molecule has 20 heavy (non-hydrogen) atoms. The van der Waals surface area contributed by atoms with E-state index in [1.54, 1.807) is 7.11 Å². The third kappa shape index (κ3) is 3.51. The molecule has 2 unspecified atom stereocenters. The van der Waals surface area contributed by atoms with E-state index in [1.165, 1.54) is 0 Å². The summed E-state index contributed by atoms with van der Waals surface area (Å²) in [6.45, 7) is 2.98. The number of anilines is 1. The molecule has 1 aliphatic rings. The topological polar surface area (TPSA) is 50.4 Å². The predicted molar refractivity (Wildman–Crippen MR) is 81.1 cm³/mol. The largest absolute Gasteiger partial charge is 0.384 e. The molecule has 4 nitrogen and oxygen atoms in total. The summed E-state index contributed by atoms with van der Waals surface area (Å²) in [6.07, 6.45) is 4.31. The molecule has 0 aromatic heterocycles. The van der Waals surface area contributed by atoms with E-state index < -0.39 is 0 Å². The van der Waals surface area contributed by atoms with Crippen molar-refractivity contribution in [1.29, 1.82) is 0 Å². The number of para-hydroxylation sites is 1. The van der Waals surface area contributed by atoms with Crippen molar-refractivity contribution in [2.45, 2.75) is 44.8 Å². The fraction of sp³-hybridized carbons (Fsp3) is 0.562. The smallest absolute Gasteiger partial charge is 0.253 e. The fourth-order valence-corrected chi connectivity index (χ4v) is 2.71. The number of carbonyl (C=O) groups excluding carboxylic acids is 1. The van der Waals surface area contributed by atoms with Gasteiger partial charge in [0.2, 0.25) is 0 Å². The molecular weight excluding hydrogens is 252 g/mol. The van der Waals surface area contributed by atoms with Crippen molar-refractivity contribution in [3.05, 3.63) is 29.8 Å². The van der Waals surface area contributed by atoms with Crippen molar-refractivity contribution >= 4 is 11.6 Å². The molecule has 1 aliphatic carbocycles. The summed E-state index contributed by atoms with van der Waals surface area (Å²) < 4.78 is 5.43. The Bertz CT molecular complexity index is 448. The molecule has 0 saturated heterocycles. The zero-order valence-corrected chi connectivity index (χ0v) is 12.3. The third-order valence-corrected chi connectivity index (χ3v) is 3.81. The van der Waals surface area contributed by atoms with Gasteiger partial charge in [-0.3, -0.25) is 4.79 Å². The van der Waals surface area contributed by atoms with Crippen LogP contribution in [0.5, 0.6) is 0 Å². The first-order chi connectivity index (χ1) is 9.76. The van der Waals surface area contributed by atoms with Gasteiger partial charge in [-0.15, -0.1) is 0 Å². The Balaban J connectivity index is 2.05. The molecule has 0 bridgehead atoms. The second kappa shape index (κ2) is 7.29. The maximum Gasteiger partial charge on any atom is 0.253 e. The van der Waals surface area contributed by atoms with Crippen molar-refractivity contribution in [2.75, 3.05) is 19.0 Å². The monoisotopic (exact) mass is 276 g/mol. The molecule has 2 N–H and O–H groups in total. The van der Waals surface area contributed by atoms with E-state index in [-0.39, 0.29) is 18.1 Å². The number of ether oxygens (including phenoxy) is 1. The van der Waals surface area contributed by atoms with Crippen molar-refractivity contribution < 1.29 is 9.53 Å². The highest BCUT2D eigenvalue weighted by atomic mass is 16.5. The van der Waals surface area contributed by atoms with Crippen LogP contribution in [0.15, 0.2) is 24.3 Å². The van der Waals surface area contributed by atoms with Crippen molar-refractivity contribution in [2.24, 2.45) is 0 Å². The average molecular weight is 276 g/mol. The maximum absolute atomic E-state index is 12.4. The van der Waals surface area contributed by atoms with Crippen molar-refractivity contribution in [1.82, 2.24) is 5.32 Å². The van der Waals surface area contributed by atoms with Gasteiger partial charge in [0.1, 0.15) is 0 Å². The Morgan fingerprint density at radius 3 is 2.90 bits per heavy atom. The SMILES string of the molecule is CCCNc1ccccc1C(=O)NC1CCCC1OC. The number of benzene rings is 1. The minimum absolute atomic E-state index is 0.0156. The van der Waals surface area contributed by atoms with Crippen LogP contribution in [0, 0.1) is 0 Å². The first-order valence-electron chi connectivity index (χ1n) is 7.42. The van der Waals surface area contributed by atoms with E-state index in [4.69, 9.17) is 4.74 Å². The van der Waals surface area contributed by atoms with Crippen LogP contribution in [-0.2, 0) is 4.74 Å². The van der Waals surface area contributed by atoms with E-state index in [2.05, 4.69) is 17.6 Å². The molecule has 2 atom stereocenters. The van der Waals surface area contributed by atoms with Crippen molar-refractivity contribution in [3.63, 3.8) is 0 Å². The lowest BCUT2D eigenvalue weighted by Crippen LogP contribution is -2.40. The summed E-state index contributed by atoms with van der Waals surface area (Å²) in [7, 11) is 1.71. The predicted octanol–water partition coefficient (Wildman–Crippen LogP) is 2.81. The van der Waals surface area contributed by atoms with Crippen LogP contribution in [0.2, 0.25) is 0 Å². The lowest BCUT2D eigenvalue weighted by molar-refractivity contribution is 0.0722. The van der Waals surface area contributed by atoms with Crippen molar-refractivity contribution in [3.8, 4) is 0 Å². The molecule has 110 valence electrons. The van der Waals surface area contributed by atoms with Gasteiger partial charge < -0.3 is 15.4 Å². The van der Waals surface area contributed by atoms with Gasteiger partial charge in [-0.1, -0.05) is 19.1 Å². The van der Waals surface area contributed by atoms with E-state index >= 15 is 0 Å². The summed E-state index contributed by atoms with van der Waals surface area (Å²) in [4.78, 5) is 12.4. The minimum Gasteiger partial charge on any atom is -0.384 e. The third-order valence-electron chi connectivity index (χ3n) is 3.81. The first-order valence-corrected chi connectivity index (χ1v) is 7.42. The molecule has 0 radical (unpaired) electrons. The van der Waals surface area contributed by atoms with Gasteiger partial charge in [0, 0.05) is 19.3 Å². The highest BCUT2D eigenvalue weighted by molar-refractivity contribution is 5.99. The number of carbonyl (C=O) groups is 1. The van der Waals surface area contributed by atoms with Gasteiger partial charge in [0.15, 0.2) is 0 Å². The molecule has 1 saturated carbocycles. The van der Waals surface area contributed by atoms with Crippen LogP contribution >= 0.6 is 0 Å². The van der Waals surface area contributed by atoms with E-state index in [0.29, 0.717) is 5.56 Å². The number of methoxy groups -OCH3 is 1. The Labute approximate surface area is 120 Å².